The van der Waals surface area contributed by atoms with Crippen LogP contribution in [0.15, 0.2) is 12.1 Å². The minimum atomic E-state index is -0.0270. The van der Waals surface area contributed by atoms with E-state index >= 15 is 0 Å². The van der Waals surface area contributed by atoms with Crippen LogP contribution in [0, 0.1) is 11.3 Å². The maximum atomic E-state index is 9.02. The Morgan fingerprint density at radius 1 is 1.33 bits per heavy atom. The lowest BCUT2D eigenvalue weighted by Gasteiger charge is -2.11. The molecule has 3 heteroatoms. The molecule has 1 aromatic rings. The van der Waals surface area contributed by atoms with Crippen LogP contribution in [-0.2, 0) is 6.42 Å². The van der Waals surface area contributed by atoms with Gasteiger partial charge in [-0.1, -0.05) is 0 Å². The number of methoxy groups -OCH3 is 2. The van der Waals surface area contributed by atoms with Crippen molar-refractivity contribution in [1.29, 1.82) is 5.26 Å². The summed E-state index contributed by atoms with van der Waals surface area (Å²) in [6, 6.07) is 6.15. The highest BCUT2D eigenvalue weighted by atomic mass is 16.5. The summed E-state index contributed by atoms with van der Waals surface area (Å²) in [6.07, 6.45) is 1.82. The van der Waals surface area contributed by atoms with Gasteiger partial charge in [-0.15, -0.1) is 0 Å². The third-order valence-electron chi connectivity index (χ3n) is 2.86. The van der Waals surface area contributed by atoms with Crippen molar-refractivity contribution < 1.29 is 9.47 Å². The smallest absolute Gasteiger partial charge is 0.127 e. The fourth-order valence-electron chi connectivity index (χ4n) is 2.12. The summed E-state index contributed by atoms with van der Waals surface area (Å²) < 4.78 is 10.5. The molecular formula is C12H13NO2. The summed E-state index contributed by atoms with van der Waals surface area (Å²) in [5, 5.41) is 9.02. The van der Waals surface area contributed by atoms with Crippen LogP contribution in [-0.4, -0.2) is 14.2 Å². The second-order valence-electron chi connectivity index (χ2n) is 3.62. The van der Waals surface area contributed by atoms with Crippen LogP contribution in [0.5, 0.6) is 11.5 Å². The zero-order chi connectivity index (χ0) is 10.8. The molecule has 1 atom stereocenters. The number of fused-ring (bicyclic) bond motifs is 1. The van der Waals surface area contributed by atoms with Gasteiger partial charge in [0.15, 0.2) is 0 Å². The predicted molar refractivity (Wildman–Crippen MR) is 56.2 cm³/mol. The third kappa shape index (κ3) is 1.52. The molecule has 0 fully saturated rings. The van der Waals surface area contributed by atoms with E-state index in [1.165, 1.54) is 5.56 Å². The van der Waals surface area contributed by atoms with Gasteiger partial charge in [-0.3, -0.25) is 0 Å². The van der Waals surface area contributed by atoms with Gasteiger partial charge >= 0.3 is 0 Å². The number of benzene rings is 1. The highest BCUT2D eigenvalue weighted by molar-refractivity contribution is 5.52. The molecule has 0 aromatic heterocycles. The lowest BCUT2D eigenvalue weighted by atomic mass is 10.0. The Hall–Kier alpha value is -1.69. The first-order chi connectivity index (χ1) is 7.30. The molecule has 1 unspecified atom stereocenters. The van der Waals surface area contributed by atoms with E-state index in [-0.39, 0.29) is 5.92 Å². The Kier molecular flexibility index (Phi) is 2.51. The maximum absolute atomic E-state index is 9.02. The van der Waals surface area contributed by atoms with Crippen molar-refractivity contribution >= 4 is 0 Å². The molecule has 78 valence electrons. The number of rotatable bonds is 2. The van der Waals surface area contributed by atoms with Gasteiger partial charge in [0.2, 0.25) is 0 Å². The van der Waals surface area contributed by atoms with E-state index in [9.17, 15) is 0 Å². The van der Waals surface area contributed by atoms with Crippen LogP contribution in [0.4, 0.5) is 0 Å². The summed E-state index contributed by atoms with van der Waals surface area (Å²) in [5.74, 6) is 1.54. The molecular weight excluding hydrogens is 190 g/mol. The molecule has 0 radical (unpaired) electrons. The number of hydrogen-bond acceptors (Lipinski definition) is 3. The molecule has 1 aromatic carbocycles. The first-order valence-corrected chi connectivity index (χ1v) is 4.94. The highest BCUT2D eigenvalue weighted by Gasteiger charge is 2.26. The van der Waals surface area contributed by atoms with Crippen LogP contribution in [0.2, 0.25) is 0 Å². The molecule has 2 rings (SSSR count). The van der Waals surface area contributed by atoms with Gasteiger partial charge in [0.05, 0.1) is 26.2 Å². The van der Waals surface area contributed by atoms with Crippen molar-refractivity contribution in [2.45, 2.75) is 18.8 Å². The number of aryl methyl sites for hydroxylation is 1. The van der Waals surface area contributed by atoms with Crippen LogP contribution < -0.4 is 9.47 Å². The molecule has 0 aliphatic heterocycles. The van der Waals surface area contributed by atoms with Crippen LogP contribution >= 0.6 is 0 Å². The van der Waals surface area contributed by atoms with Gasteiger partial charge < -0.3 is 9.47 Å². The quantitative estimate of drug-likeness (QED) is 0.740. The second kappa shape index (κ2) is 3.82. The standard InChI is InChI=1S/C12H13NO2/c1-14-10-5-8-3-4-9(7-13)12(8)11(6-10)15-2/h5-6,9H,3-4H2,1-2H3. The summed E-state index contributed by atoms with van der Waals surface area (Å²) >= 11 is 0. The van der Waals surface area contributed by atoms with Crippen LogP contribution in [0.1, 0.15) is 23.5 Å². The van der Waals surface area contributed by atoms with E-state index < -0.39 is 0 Å². The number of hydrogen-bond donors (Lipinski definition) is 0. The zero-order valence-electron chi connectivity index (χ0n) is 8.91. The fourth-order valence-corrected chi connectivity index (χ4v) is 2.12. The third-order valence-corrected chi connectivity index (χ3v) is 2.86. The van der Waals surface area contributed by atoms with Gasteiger partial charge in [0.1, 0.15) is 11.5 Å². The Bertz CT molecular complexity index is 420. The average Bonchev–Trinajstić information content (AvgIpc) is 2.70. The summed E-state index contributed by atoms with van der Waals surface area (Å²) in [4.78, 5) is 0. The van der Waals surface area contributed by atoms with Crippen LogP contribution in [0.3, 0.4) is 0 Å². The van der Waals surface area contributed by atoms with Gasteiger partial charge in [0.25, 0.3) is 0 Å². The minimum absolute atomic E-state index is 0.0270. The maximum Gasteiger partial charge on any atom is 0.127 e. The Balaban J connectivity index is 2.54. The van der Waals surface area contributed by atoms with E-state index in [2.05, 4.69) is 6.07 Å². The number of nitriles is 1. The molecule has 0 heterocycles. The first kappa shape index (κ1) is 9.85. The molecule has 0 saturated carbocycles. The Labute approximate surface area is 89.2 Å². The van der Waals surface area contributed by atoms with Crippen molar-refractivity contribution in [2.75, 3.05) is 14.2 Å². The Morgan fingerprint density at radius 3 is 2.73 bits per heavy atom. The zero-order valence-corrected chi connectivity index (χ0v) is 8.91. The summed E-state index contributed by atoms with van der Waals surface area (Å²) in [6.45, 7) is 0. The van der Waals surface area contributed by atoms with Gasteiger partial charge in [0, 0.05) is 11.6 Å². The lowest BCUT2D eigenvalue weighted by Crippen LogP contribution is -1.96. The van der Waals surface area contributed by atoms with Crippen molar-refractivity contribution in [2.24, 2.45) is 0 Å². The van der Waals surface area contributed by atoms with Gasteiger partial charge in [-0.25, -0.2) is 0 Å². The molecule has 3 nitrogen and oxygen atoms in total. The topological polar surface area (TPSA) is 42.2 Å². The molecule has 0 amide bonds. The fraction of sp³-hybridized carbons (Fsp3) is 0.417. The molecule has 1 aliphatic rings. The highest BCUT2D eigenvalue weighted by Crippen LogP contribution is 2.41. The molecule has 0 saturated heterocycles. The monoisotopic (exact) mass is 203 g/mol. The van der Waals surface area contributed by atoms with E-state index in [1.54, 1.807) is 14.2 Å². The van der Waals surface area contributed by atoms with E-state index in [0.717, 1.165) is 29.9 Å². The average molecular weight is 203 g/mol. The number of ether oxygens (including phenoxy) is 2. The van der Waals surface area contributed by atoms with Crippen molar-refractivity contribution in [3.8, 4) is 17.6 Å². The minimum Gasteiger partial charge on any atom is -0.497 e. The largest absolute Gasteiger partial charge is 0.497 e. The van der Waals surface area contributed by atoms with Crippen LogP contribution in [0.25, 0.3) is 0 Å². The molecule has 0 spiro atoms. The summed E-state index contributed by atoms with van der Waals surface area (Å²) in [5.41, 5.74) is 2.22. The molecule has 15 heavy (non-hydrogen) atoms. The van der Waals surface area contributed by atoms with E-state index in [0.29, 0.717) is 0 Å². The van der Waals surface area contributed by atoms with E-state index in [4.69, 9.17) is 14.7 Å². The normalized spacial score (nSPS) is 18.1. The Morgan fingerprint density at radius 2 is 2.13 bits per heavy atom. The molecule has 0 N–H and O–H groups in total. The number of nitrogens with zero attached hydrogens (tertiary/aromatic N) is 1. The summed E-state index contributed by atoms with van der Waals surface area (Å²) in [7, 11) is 3.26. The SMILES string of the molecule is COc1cc2c(c(OC)c1)C(C#N)CC2. The van der Waals surface area contributed by atoms with Crippen molar-refractivity contribution in [3.63, 3.8) is 0 Å². The first-order valence-electron chi connectivity index (χ1n) is 4.94. The second-order valence-corrected chi connectivity index (χ2v) is 3.62. The van der Waals surface area contributed by atoms with Gasteiger partial charge in [-0.2, -0.15) is 5.26 Å². The predicted octanol–water partition coefficient (Wildman–Crippen LogP) is 2.26. The van der Waals surface area contributed by atoms with E-state index in [1.807, 2.05) is 12.1 Å². The van der Waals surface area contributed by atoms with Crippen molar-refractivity contribution in [1.82, 2.24) is 0 Å². The van der Waals surface area contributed by atoms with Gasteiger partial charge in [-0.05, 0) is 24.5 Å². The molecule has 0 bridgehead atoms. The van der Waals surface area contributed by atoms with Crippen molar-refractivity contribution in [3.05, 3.63) is 23.3 Å². The molecule has 1 aliphatic carbocycles. The lowest BCUT2D eigenvalue weighted by molar-refractivity contribution is 0.391.